The summed E-state index contributed by atoms with van der Waals surface area (Å²) in [6.45, 7) is 0. The van der Waals surface area contributed by atoms with Crippen LogP contribution in [0.1, 0.15) is 0 Å². The minimum absolute atomic E-state index is 0.000663. The van der Waals surface area contributed by atoms with Crippen molar-refractivity contribution in [1.29, 1.82) is 0 Å². The molecule has 0 aliphatic heterocycles. The van der Waals surface area contributed by atoms with Gasteiger partial charge in [-0.2, -0.15) is 0 Å². The number of nitrogen functional groups attached to an aromatic ring is 1. The van der Waals surface area contributed by atoms with Crippen LogP contribution in [0.3, 0.4) is 0 Å². The van der Waals surface area contributed by atoms with Crippen molar-refractivity contribution in [3.63, 3.8) is 0 Å². The van der Waals surface area contributed by atoms with Gasteiger partial charge in [0, 0.05) is 23.9 Å². The third-order valence-corrected chi connectivity index (χ3v) is 2.52. The molecule has 2 aromatic rings. The smallest absolute Gasteiger partial charge is 0.167 e. The first-order valence-electron chi connectivity index (χ1n) is 5.36. The number of nitrogens with two attached hydrogens (primary N) is 1. The van der Waals surface area contributed by atoms with Crippen LogP contribution in [0.25, 0.3) is 0 Å². The fraction of sp³-hybridized carbons (Fsp3) is 0.0769. The molecule has 2 rings (SSSR count). The molecule has 6 heteroatoms. The van der Waals surface area contributed by atoms with Crippen molar-refractivity contribution < 1.29 is 17.9 Å². The Morgan fingerprint density at radius 2 is 1.74 bits per heavy atom. The van der Waals surface area contributed by atoms with E-state index < -0.39 is 17.5 Å². The van der Waals surface area contributed by atoms with Gasteiger partial charge in [-0.05, 0) is 12.1 Å². The van der Waals surface area contributed by atoms with E-state index in [0.717, 1.165) is 18.2 Å². The molecule has 0 spiro atoms. The highest BCUT2D eigenvalue weighted by Crippen LogP contribution is 2.30. The lowest BCUT2D eigenvalue weighted by Crippen LogP contribution is -2.00. The van der Waals surface area contributed by atoms with Crippen molar-refractivity contribution in [2.45, 2.75) is 0 Å². The molecule has 3 N–H and O–H groups in total. The fourth-order valence-corrected chi connectivity index (χ4v) is 1.56. The molecule has 0 radical (unpaired) electrons. The molecule has 0 aliphatic rings. The number of rotatable bonds is 3. The first-order chi connectivity index (χ1) is 9.01. The first-order valence-corrected chi connectivity index (χ1v) is 5.36. The van der Waals surface area contributed by atoms with Gasteiger partial charge in [0.2, 0.25) is 0 Å². The number of halogens is 3. The van der Waals surface area contributed by atoms with Gasteiger partial charge in [0.1, 0.15) is 0 Å². The van der Waals surface area contributed by atoms with Crippen LogP contribution >= 0.6 is 0 Å². The standard InChI is InChI=1S/C13H11F3N2O/c1-19-13-6-12(11(17)5-10(13)16)18-7-2-3-8(14)9(15)4-7/h2-6,18H,17H2,1H3. The summed E-state index contributed by atoms with van der Waals surface area (Å²) in [5.74, 6) is -2.54. The summed E-state index contributed by atoms with van der Waals surface area (Å²) in [4.78, 5) is 0. The molecule has 100 valence electrons. The van der Waals surface area contributed by atoms with Gasteiger partial charge in [0.25, 0.3) is 0 Å². The van der Waals surface area contributed by atoms with E-state index in [9.17, 15) is 13.2 Å². The molecule has 0 saturated carbocycles. The zero-order chi connectivity index (χ0) is 14.0. The van der Waals surface area contributed by atoms with Gasteiger partial charge < -0.3 is 15.8 Å². The summed E-state index contributed by atoms with van der Waals surface area (Å²) < 4.78 is 44.0. The maximum atomic E-state index is 13.3. The minimum Gasteiger partial charge on any atom is -0.494 e. The zero-order valence-corrected chi connectivity index (χ0v) is 10.0. The van der Waals surface area contributed by atoms with E-state index in [4.69, 9.17) is 10.5 Å². The molecule has 2 aromatic carbocycles. The Bertz CT molecular complexity index is 617. The monoisotopic (exact) mass is 268 g/mol. The number of hydrogen-bond donors (Lipinski definition) is 2. The van der Waals surface area contributed by atoms with E-state index >= 15 is 0 Å². The van der Waals surface area contributed by atoms with E-state index in [1.165, 1.54) is 19.2 Å². The molecule has 0 bridgehead atoms. The average Bonchev–Trinajstić information content (AvgIpc) is 2.37. The minimum atomic E-state index is -0.988. The summed E-state index contributed by atoms with van der Waals surface area (Å²) >= 11 is 0. The van der Waals surface area contributed by atoms with Crippen molar-refractivity contribution in [3.8, 4) is 5.75 Å². The zero-order valence-electron chi connectivity index (χ0n) is 10.0. The van der Waals surface area contributed by atoms with E-state index in [1.54, 1.807) is 0 Å². The maximum Gasteiger partial charge on any atom is 0.167 e. The van der Waals surface area contributed by atoms with E-state index in [2.05, 4.69) is 5.32 Å². The van der Waals surface area contributed by atoms with Crippen molar-refractivity contribution in [1.82, 2.24) is 0 Å². The third-order valence-electron chi connectivity index (χ3n) is 2.52. The lowest BCUT2D eigenvalue weighted by atomic mass is 10.2. The van der Waals surface area contributed by atoms with Crippen molar-refractivity contribution in [2.24, 2.45) is 0 Å². The molecule has 0 atom stereocenters. The Balaban J connectivity index is 2.34. The predicted octanol–water partition coefficient (Wildman–Crippen LogP) is 3.44. The Morgan fingerprint density at radius 3 is 2.37 bits per heavy atom. The quantitative estimate of drug-likeness (QED) is 0.838. The largest absolute Gasteiger partial charge is 0.494 e. The second-order valence-electron chi connectivity index (χ2n) is 3.83. The lowest BCUT2D eigenvalue weighted by molar-refractivity contribution is 0.387. The van der Waals surface area contributed by atoms with Crippen LogP contribution in [0.4, 0.5) is 30.2 Å². The molecule has 0 heterocycles. The summed E-state index contributed by atoms with van der Waals surface area (Å²) in [5.41, 5.74) is 6.39. The Hall–Kier alpha value is -2.37. The highest BCUT2D eigenvalue weighted by atomic mass is 19.2. The van der Waals surface area contributed by atoms with Crippen LogP contribution in [-0.2, 0) is 0 Å². The summed E-state index contributed by atoms with van der Waals surface area (Å²) in [7, 11) is 1.32. The normalized spacial score (nSPS) is 10.3. The van der Waals surface area contributed by atoms with Gasteiger partial charge in [-0.15, -0.1) is 0 Å². The predicted molar refractivity (Wildman–Crippen MR) is 67.0 cm³/mol. The van der Waals surface area contributed by atoms with Crippen LogP contribution in [-0.4, -0.2) is 7.11 Å². The molecule has 3 nitrogen and oxygen atoms in total. The maximum absolute atomic E-state index is 13.3. The molecule has 0 unspecified atom stereocenters. The molecule has 0 fully saturated rings. The Morgan fingerprint density at radius 1 is 1.00 bits per heavy atom. The van der Waals surface area contributed by atoms with E-state index in [0.29, 0.717) is 11.4 Å². The number of benzene rings is 2. The topological polar surface area (TPSA) is 47.3 Å². The van der Waals surface area contributed by atoms with Crippen molar-refractivity contribution in [2.75, 3.05) is 18.2 Å². The number of methoxy groups -OCH3 is 1. The Kier molecular flexibility index (Phi) is 3.50. The van der Waals surface area contributed by atoms with Gasteiger partial charge in [0.05, 0.1) is 18.5 Å². The number of ether oxygens (including phenoxy) is 1. The molecule has 0 aromatic heterocycles. The first kappa shape index (κ1) is 13.1. The molecular formula is C13H11F3N2O. The Labute approximate surface area is 107 Å². The third kappa shape index (κ3) is 2.73. The van der Waals surface area contributed by atoms with Gasteiger partial charge in [-0.25, -0.2) is 13.2 Å². The molecule has 0 aliphatic carbocycles. The average molecular weight is 268 g/mol. The number of hydrogen-bond acceptors (Lipinski definition) is 3. The SMILES string of the molecule is COc1cc(Nc2ccc(F)c(F)c2)c(N)cc1F. The van der Waals surface area contributed by atoms with Gasteiger partial charge in [-0.1, -0.05) is 0 Å². The summed E-state index contributed by atoms with van der Waals surface area (Å²) in [6.07, 6.45) is 0. The van der Waals surface area contributed by atoms with Crippen LogP contribution in [0.2, 0.25) is 0 Å². The van der Waals surface area contributed by atoms with E-state index in [1.807, 2.05) is 0 Å². The number of anilines is 3. The van der Waals surface area contributed by atoms with Crippen molar-refractivity contribution in [3.05, 3.63) is 47.8 Å². The molecule has 19 heavy (non-hydrogen) atoms. The summed E-state index contributed by atoms with van der Waals surface area (Å²) in [5, 5.41) is 2.76. The lowest BCUT2D eigenvalue weighted by Gasteiger charge is -2.12. The molecular weight excluding hydrogens is 257 g/mol. The van der Waals surface area contributed by atoms with Crippen LogP contribution < -0.4 is 15.8 Å². The van der Waals surface area contributed by atoms with Crippen molar-refractivity contribution >= 4 is 17.1 Å². The van der Waals surface area contributed by atoms with Gasteiger partial charge in [-0.3, -0.25) is 0 Å². The number of nitrogens with one attached hydrogen (secondary N) is 1. The van der Waals surface area contributed by atoms with E-state index in [-0.39, 0.29) is 11.4 Å². The highest BCUT2D eigenvalue weighted by Gasteiger charge is 2.09. The summed E-state index contributed by atoms with van der Waals surface area (Å²) in [6, 6.07) is 5.72. The van der Waals surface area contributed by atoms with Crippen LogP contribution in [0, 0.1) is 17.5 Å². The van der Waals surface area contributed by atoms with Gasteiger partial charge in [0.15, 0.2) is 23.2 Å². The fourth-order valence-electron chi connectivity index (χ4n) is 1.56. The molecule has 0 saturated heterocycles. The highest BCUT2D eigenvalue weighted by molar-refractivity contribution is 5.74. The van der Waals surface area contributed by atoms with Gasteiger partial charge >= 0.3 is 0 Å². The molecule has 0 amide bonds. The second kappa shape index (κ2) is 5.09. The van der Waals surface area contributed by atoms with Crippen LogP contribution in [0.15, 0.2) is 30.3 Å². The van der Waals surface area contributed by atoms with Crippen LogP contribution in [0.5, 0.6) is 5.75 Å². The second-order valence-corrected chi connectivity index (χ2v) is 3.83.